The average Bonchev–Trinajstić information content (AvgIpc) is 3.53. The third kappa shape index (κ3) is 4.33. The van der Waals surface area contributed by atoms with Crippen LogP contribution < -0.4 is 9.47 Å². The number of hydrogen-bond donors (Lipinski definition) is 0. The quantitative estimate of drug-likeness (QED) is 0.167. The smallest absolute Gasteiger partial charge is 0.508 e. The van der Waals surface area contributed by atoms with Crippen LogP contribution in [0.5, 0.6) is 23.1 Å². The molecule has 8 aromatic rings. The maximum absolute atomic E-state index is 6.53. The van der Waals surface area contributed by atoms with Crippen LogP contribution in [0.2, 0.25) is 0 Å². The van der Waals surface area contributed by atoms with Gasteiger partial charge >= 0.3 is 21.1 Å². The van der Waals surface area contributed by atoms with Crippen LogP contribution in [0.25, 0.3) is 49.6 Å². The molecule has 6 nitrogen and oxygen atoms in total. The molecule has 7 heteroatoms. The first kappa shape index (κ1) is 25.1. The number of furan rings is 1. The number of benzene rings is 4. The van der Waals surface area contributed by atoms with Gasteiger partial charge in [0.2, 0.25) is 5.88 Å². The van der Waals surface area contributed by atoms with Crippen LogP contribution >= 0.6 is 0 Å². The summed E-state index contributed by atoms with van der Waals surface area (Å²) in [6, 6.07) is 40.1. The van der Waals surface area contributed by atoms with Crippen molar-refractivity contribution in [3.05, 3.63) is 128 Å². The Morgan fingerprint density at radius 1 is 0.634 bits per heavy atom. The number of rotatable bonds is 5. The molecule has 0 fully saturated rings. The van der Waals surface area contributed by atoms with Gasteiger partial charge in [-0.25, -0.2) is 9.97 Å². The molecule has 4 aromatic heterocycles. The van der Waals surface area contributed by atoms with Gasteiger partial charge in [-0.2, -0.15) is 6.07 Å². The topological polar surface area (TPSA) is 62.3 Å². The van der Waals surface area contributed by atoms with Gasteiger partial charge in [-0.15, -0.1) is 17.5 Å². The SMILES string of the molecule is [Pt+2].[c-]1c(Oc2ccccn2)cc2oc3ccccc3c2c1Oc1[c-]c2c(cc1)c1ccccc1n2-c1ccccn1. The minimum absolute atomic E-state index is 0. The molecule has 0 unspecified atom stereocenters. The van der Waals surface area contributed by atoms with Crippen LogP contribution in [0.15, 0.2) is 120 Å². The van der Waals surface area contributed by atoms with Crippen LogP contribution in [0, 0.1) is 12.1 Å². The van der Waals surface area contributed by atoms with Crippen molar-refractivity contribution in [3.63, 3.8) is 0 Å². The van der Waals surface area contributed by atoms with E-state index in [0.717, 1.165) is 44.0 Å². The first-order valence-corrected chi connectivity index (χ1v) is 12.8. The first-order valence-electron chi connectivity index (χ1n) is 12.8. The molecule has 0 radical (unpaired) electrons. The van der Waals surface area contributed by atoms with Crippen molar-refractivity contribution in [1.82, 2.24) is 14.5 Å². The minimum atomic E-state index is 0. The summed E-state index contributed by atoms with van der Waals surface area (Å²) >= 11 is 0. The van der Waals surface area contributed by atoms with Crippen molar-refractivity contribution in [2.24, 2.45) is 0 Å². The van der Waals surface area contributed by atoms with Crippen LogP contribution in [-0.2, 0) is 21.1 Å². The van der Waals surface area contributed by atoms with Gasteiger partial charge in [-0.05, 0) is 46.5 Å². The van der Waals surface area contributed by atoms with E-state index in [2.05, 4.69) is 44.9 Å². The van der Waals surface area contributed by atoms with E-state index in [1.165, 1.54) is 0 Å². The standard InChI is InChI=1S/C34H19N3O3.Pt/c1-3-11-27-24(9-1)25-16-15-22(19-28(25)37(27)32-13-5-7-17-35-32)38-30-20-23(39-33-14-6-8-18-36-33)21-31-34(30)26-10-2-4-12-29(26)40-31;/h1-18,21H;/q-2;+2. The number of pyridine rings is 2. The van der Waals surface area contributed by atoms with Crippen LogP contribution in [0.4, 0.5) is 0 Å². The molecule has 0 saturated carbocycles. The van der Waals surface area contributed by atoms with E-state index in [4.69, 9.17) is 13.9 Å². The molecule has 198 valence electrons. The summed E-state index contributed by atoms with van der Waals surface area (Å²) in [4.78, 5) is 8.89. The van der Waals surface area contributed by atoms with E-state index in [-0.39, 0.29) is 21.1 Å². The van der Waals surface area contributed by atoms with Gasteiger partial charge in [0.15, 0.2) is 0 Å². The molecule has 4 heterocycles. The molecule has 0 amide bonds. The normalized spacial score (nSPS) is 11.2. The number of ether oxygens (including phenoxy) is 2. The van der Waals surface area contributed by atoms with Gasteiger partial charge in [0.05, 0.1) is 0 Å². The molecule has 4 aromatic carbocycles. The van der Waals surface area contributed by atoms with Gasteiger partial charge in [-0.3, -0.25) is 0 Å². The van der Waals surface area contributed by atoms with Gasteiger partial charge in [0.25, 0.3) is 0 Å². The molecule has 0 saturated heterocycles. The Labute approximate surface area is 249 Å². The number of para-hydroxylation sites is 2. The summed E-state index contributed by atoms with van der Waals surface area (Å²) in [6.45, 7) is 0. The summed E-state index contributed by atoms with van der Waals surface area (Å²) in [5.74, 6) is 2.70. The van der Waals surface area contributed by atoms with E-state index >= 15 is 0 Å². The van der Waals surface area contributed by atoms with Gasteiger partial charge in [-0.1, -0.05) is 66.2 Å². The average molecular weight is 713 g/mol. The Hall–Kier alpha value is -4.93. The number of aromatic nitrogens is 3. The number of fused-ring (bicyclic) bond motifs is 6. The van der Waals surface area contributed by atoms with Crippen molar-refractivity contribution in [1.29, 1.82) is 0 Å². The van der Waals surface area contributed by atoms with Gasteiger partial charge in [0.1, 0.15) is 11.4 Å². The van der Waals surface area contributed by atoms with E-state index in [9.17, 15) is 0 Å². The molecule has 0 N–H and O–H groups in total. The second-order valence-electron chi connectivity index (χ2n) is 9.30. The van der Waals surface area contributed by atoms with Crippen molar-refractivity contribution in [2.75, 3.05) is 0 Å². The third-order valence-corrected chi connectivity index (χ3v) is 6.85. The Morgan fingerprint density at radius 2 is 1.41 bits per heavy atom. The Balaban J connectivity index is 0.00000276. The summed E-state index contributed by atoms with van der Waals surface area (Å²) in [5.41, 5.74) is 3.29. The van der Waals surface area contributed by atoms with Crippen molar-refractivity contribution in [3.8, 4) is 28.9 Å². The van der Waals surface area contributed by atoms with E-state index in [1.54, 1.807) is 18.5 Å². The second-order valence-corrected chi connectivity index (χ2v) is 9.30. The van der Waals surface area contributed by atoms with Crippen molar-refractivity contribution >= 4 is 43.7 Å². The summed E-state index contributed by atoms with van der Waals surface area (Å²) in [7, 11) is 0. The zero-order valence-electron chi connectivity index (χ0n) is 21.4. The van der Waals surface area contributed by atoms with Gasteiger partial charge < -0.3 is 18.5 Å². The number of nitrogens with zero attached hydrogens (tertiary/aromatic N) is 3. The molecule has 8 rings (SSSR count). The molecular formula is C34H19N3O3Pt. The zero-order chi connectivity index (χ0) is 26.5. The van der Waals surface area contributed by atoms with Crippen LogP contribution in [-0.4, -0.2) is 14.5 Å². The fourth-order valence-electron chi connectivity index (χ4n) is 5.15. The number of hydrogen-bond acceptors (Lipinski definition) is 5. The predicted molar refractivity (Wildman–Crippen MR) is 154 cm³/mol. The Morgan fingerprint density at radius 3 is 2.24 bits per heavy atom. The van der Waals surface area contributed by atoms with Crippen LogP contribution in [0.3, 0.4) is 0 Å². The van der Waals surface area contributed by atoms with Crippen LogP contribution in [0.1, 0.15) is 0 Å². The predicted octanol–water partition coefficient (Wildman–Crippen LogP) is 8.66. The molecule has 41 heavy (non-hydrogen) atoms. The molecule has 0 aliphatic carbocycles. The first-order chi connectivity index (χ1) is 19.8. The minimum Gasteiger partial charge on any atom is -0.508 e. The van der Waals surface area contributed by atoms with Crippen molar-refractivity contribution in [2.45, 2.75) is 0 Å². The second kappa shape index (κ2) is 10.2. The van der Waals surface area contributed by atoms with E-state index in [1.807, 2.05) is 78.9 Å². The third-order valence-electron chi connectivity index (χ3n) is 6.85. The maximum Gasteiger partial charge on any atom is 2.00 e. The monoisotopic (exact) mass is 712 g/mol. The fourth-order valence-corrected chi connectivity index (χ4v) is 5.15. The maximum atomic E-state index is 6.53. The zero-order valence-corrected chi connectivity index (χ0v) is 23.6. The van der Waals surface area contributed by atoms with Crippen molar-refractivity contribution < 1.29 is 35.0 Å². The molecule has 0 atom stereocenters. The molecule has 0 aliphatic rings. The fraction of sp³-hybridized carbons (Fsp3) is 0. The van der Waals surface area contributed by atoms with E-state index < -0.39 is 0 Å². The molecule has 0 spiro atoms. The summed E-state index contributed by atoms with van der Waals surface area (Å²) < 4.78 is 20.8. The molecule has 0 bridgehead atoms. The summed E-state index contributed by atoms with van der Waals surface area (Å²) in [5, 5.41) is 3.91. The summed E-state index contributed by atoms with van der Waals surface area (Å²) in [6.07, 6.45) is 3.47. The Bertz CT molecular complexity index is 2170. The van der Waals surface area contributed by atoms with E-state index in [0.29, 0.717) is 28.7 Å². The molecular weight excluding hydrogens is 693 g/mol. The van der Waals surface area contributed by atoms with Gasteiger partial charge in [0, 0.05) is 46.8 Å². The molecule has 0 aliphatic heterocycles. The Kier molecular flexibility index (Phi) is 6.26. The largest absolute Gasteiger partial charge is 2.00 e.